The number of benzene rings is 1. The van der Waals surface area contributed by atoms with E-state index in [9.17, 15) is 14.0 Å². The highest BCUT2D eigenvalue weighted by atomic mass is 19.1. The normalized spacial score (nSPS) is 10.8. The molecular weight excluding hydrogens is 321 g/mol. The molecule has 0 unspecified atom stereocenters. The first-order valence-corrected chi connectivity index (χ1v) is 7.93. The van der Waals surface area contributed by atoms with Crippen LogP contribution in [0.25, 0.3) is 10.9 Å². The van der Waals surface area contributed by atoms with Gasteiger partial charge in [0, 0.05) is 44.5 Å². The smallest absolute Gasteiger partial charge is 0.255 e. The summed E-state index contributed by atoms with van der Waals surface area (Å²) < 4.78 is 15.0. The first-order valence-electron chi connectivity index (χ1n) is 7.93. The van der Waals surface area contributed by atoms with Crippen LogP contribution in [0.15, 0.2) is 48.9 Å². The molecule has 3 rings (SSSR count). The van der Waals surface area contributed by atoms with Gasteiger partial charge in [-0.1, -0.05) is 0 Å². The molecule has 0 radical (unpaired) electrons. The molecule has 6 heteroatoms. The van der Waals surface area contributed by atoms with Crippen LogP contribution in [0.2, 0.25) is 0 Å². The Morgan fingerprint density at radius 1 is 1.20 bits per heavy atom. The maximum atomic E-state index is 13.6. The predicted octanol–water partition coefficient (Wildman–Crippen LogP) is 3.15. The third-order valence-electron chi connectivity index (χ3n) is 4.17. The summed E-state index contributed by atoms with van der Waals surface area (Å²) in [6.07, 6.45) is 5.59. The van der Waals surface area contributed by atoms with Gasteiger partial charge in [-0.3, -0.25) is 19.1 Å². The van der Waals surface area contributed by atoms with Gasteiger partial charge < -0.3 is 4.90 Å². The minimum Gasteiger partial charge on any atom is -0.341 e. The van der Waals surface area contributed by atoms with Crippen LogP contribution < -0.4 is 0 Å². The van der Waals surface area contributed by atoms with Crippen LogP contribution in [-0.4, -0.2) is 39.9 Å². The topological polar surface area (TPSA) is 55.2 Å². The minimum absolute atomic E-state index is 0.227. The molecule has 0 aliphatic rings. The molecule has 1 aromatic carbocycles. The van der Waals surface area contributed by atoms with Crippen molar-refractivity contribution in [2.45, 2.75) is 13.3 Å². The van der Waals surface area contributed by atoms with Crippen LogP contribution in [0.5, 0.6) is 0 Å². The fraction of sp³-hybridized carbons (Fsp3) is 0.211. The second-order valence-electron chi connectivity index (χ2n) is 5.93. The van der Waals surface area contributed by atoms with Gasteiger partial charge in [0.25, 0.3) is 5.91 Å². The molecule has 5 nitrogen and oxygen atoms in total. The Balaban J connectivity index is 1.88. The van der Waals surface area contributed by atoms with Gasteiger partial charge in [-0.2, -0.15) is 0 Å². The first kappa shape index (κ1) is 16.8. The van der Waals surface area contributed by atoms with Crippen molar-refractivity contribution >= 4 is 22.7 Å². The van der Waals surface area contributed by atoms with Crippen LogP contribution in [0.3, 0.4) is 0 Å². The number of likely N-dealkylation sites (N-methyl/N-ethyl adjacent to an activating group) is 1. The number of pyridine rings is 1. The number of halogens is 1. The maximum Gasteiger partial charge on any atom is 0.255 e. The zero-order chi connectivity index (χ0) is 18.0. The van der Waals surface area contributed by atoms with E-state index in [1.165, 1.54) is 35.9 Å². The lowest BCUT2D eigenvalue weighted by Crippen LogP contribution is -2.28. The van der Waals surface area contributed by atoms with Crippen molar-refractivity contribution in [3.8, 4) is 0 Å². The summed E-state index contributed by atoms with van der Waals surface area (Å²) >= 11 is 0. The first-order chi connectivity index (χ1) is 12.0. The number of rotatable bonds is 4. The lowest BCUT2D eigenvalue weighted by molar-refractivity contribution is 0.0798. The molecule has 0 N–H and O–H groups in total. The molecule has 2 aromatic heterocycles. The van der Waals surface area contributed by atoms with E-state index < -0.39 is 5.82 Å². The number of hydrogen-bond donors (Lipinski definition) is 0. The Morgan fingerprint density at radius 2 is 1.92 bits per heavy atom. The summed E-state index contributed by atoms with van der Waals surface area (Å²) in [5.74, 6) is -0.915. The number of fused-ring (bicyclic) bond motifs is 1. The van der Waals surface area contributed by atoms with Crippen molar-refractivity contribution in [1.82, 2.24) is 14.5 Å². The highest BCUT2D eigenvalue weighted by Gasteiger charge is 2.20. The molecule has 0 aliphatic heterocycles. The Kier molecular flexibility index (Phi) is 4.61. The number of hydrogen-bond acceptors (Lipinski definition) is 3. The van der Waals surface area contributed by atoms with Crippen molar-refractivity contribution in [2.24, 2.45) is 0 Å². The summed E-state index contributed by atoms with van der Waals surface area (Å²) in [5, 5.41) is 0.441. The lowest BCUT2D eigenvalue weighted by Gasteiger charge is -2.16. The van der Waals surface area contributed by atoms with Gasteiger partial charge in [-0.25, -0.2) is 4.39 Å². The lowest BCUT2D eigenvalue weighted by atomic mass is 10.1. The molecular formula is C19H18FN3O2. The number of carbonyl (C=O) groups excluding carboxylic acids is 2. The van der Waals surface area contributed by atoms with Crippen LogP contribution >= 0.6 is 0 Å². The summed E-state index contributed by atoms with van der Waals surface area (Å²) in [4.78, 5) is 30.1. The summed E-state index contributed by atoms with van der Waals surface area (Å²) in [6.45, 7) is 1.91. The summed E-state index contributed by atoms with van der Waals surface area (Å²) in [5.41, 5.74) is 1.92. The molecule has 128 valence electrons. The van der Waals surface area contributed by atoms with E-state index in [0.717, 1.165) is 5.56 Å². The average molecular weight is 339 g/mol. The van der Waals surface area contributed by atoms with Gasteiger partial charge in [-0.05, 0) is 42.3 Å². The van der Waals surface area contributed by atoms with Gasteiger partial charge in [-0.15, -0.1) is 0 Å². The van der Waals surface area contributed by atoms with Gasteiger partial charge in [0.1, 0.15) is 5.82 Å². The Bertz CT molecular complexity index is 934. The highest BCUT2D eigenvalue weighted by molar-refractivity contribution is 6.09. The fourth-order valence-electron chi connectivity index (χ4n) is 2.79. The SMILES string of the molecule is CC(=O)n1cc(C(=O)N(C)CCc2ccncc2)c2cc(F)ccc21. The molecule has 25 heavy (non-hydrogen) atoms. The Morgan fingerprint density at radius 3 is 2.60 bits per heavy atom. The number of amides is 1. The molecule has 0 fully saturated rings. The van der Waals surface area contributed by atoms with Gasteiger partial charge >= 0.3 is 0 Å². The van der Waals surface area contributed by atoms with Crippen LogP contribution in [0.1, 0.15) is 27.6 Å². The van der Waals surface area contributed by atoms with Crippen molar-refractivity contribution in [3.63, 3.8) is 0 Å². The summed E-state index contributed by atoms with van der Waals surface area (Å²) in [6, 6.07) is 7.88. The Labute approximate surface area is 144 Å². The molecule has 0 saturated carbocycles. The van der Waals surface area contributed by atoms with Crippen LogP contribution in [-0.2, 0) is 6.42 Å². The van der Waals surface area contributed by atoms with Crippen molar-refractivity contribution < 1.29 is 14.0 Å². The third kappa shape index (κ3) is 3.42. The predicted molar refractivity (Wildman–Crippen MR) is 93.1 cm³/mol. The average Bonchev–Trinajstić information content (AvgIpc) is 2.98. The molecule has 0 bridgehead atoms. The second-order valence-corrected chi connectivity index (χ2v) is 5.93. The van der Waals surface area contributed by atoms with Gasteiger partial charge in [0.05, 0.1) is 11.1 Å². The van der Waals surface area contributed by atoms with Crippen molar-refractivity contribution in [2.75, 3.05) is 13.6 Å². The molecule has 1 amide bonds. The highest BCUT2D eigenvalue weighted by Crippen LogP contribution is 2.24. The minimum atomic E-state index is -0.442. The van der Waals surface area contributed by atoms with Gasteiger partial charge in [0.2, 0.25) is 5.91 Å². The van der Waals surface area contributed by atoms with Crippen molar-refractivity contribution in [1.29, 1.82) is 0 Å². The molecule has 3 aromatic rings. The van der Waals surface area contributed by atoms with E-state index >= 15 is 0 Å². The maximum absolute atomic E-state index is 13.6. The van der Waals surface area contributed by atoms with Crippen LogP contribution in [0, 0.1) is 5.82 Å². The molecule has 0 spiro atoms. The second kappa shape index (κ2) is 6.84. The molecule has 0 aliphatic carbocycles. The molecule has 0 saturated heterocycles. The molecule has 2 heterocycles. The number of nitrogens with zero attached hydrogens (tertiary/aromatic N) is 3. The van der Waals surface area contributed by atoms with Crippen LogP contribution in [0.4, 0.5) is 4.39 Å². The molecule has 0 atom stereocenters. The van der Waals surface area contributed by atoms with E-state index in [0.29, 0.717) is 29.4 Å². The van der Waals surface area contributed by atoms with E-state index in [4.69, 9.17) is 0 Å². The third-order valence-corrected chi connectivity index (χ3v) is 4.17. The number of aromatic nitrogens is 2. The largest absolute Gasteiger partial charge is 0.341 e. The van der Waals surface area contributed by atoms with E-state index in [1.807, 2.05) is 12.1 Å². The summed E-state index contributed by atoms with van der Waals surface area (Å²) in [7, 11) is 1.69. The van der Waals surface area contributed by atoms with Gasteiger partial charge in [0.15, 0.2) is 0 Å². The van der Waals surface area contributed by atoms with Crippen molar-refractivity contribution in [3.05, 3.63) is 65.9 Å². The van der Waals surface area contributed by atoms with E-state index in [2.05, 4.69) is 4.98 Å². The zero-order valence-electron chi connectivity index (χ0n) is 14.1. The van der Waals surface area contributed by atoms with E-state index in [-0.39, 0.29) is 11.8 Å². The Hall–Kier alpha value is -3.02. The quantitative estimate of drug-likeness (QED) is 0.734. The number of carbonyl (C=O) groups is 2. The monoisotopic (exact) mass is 339 g/mol. The standard InChI is InChI=1S/C19H18FN3O2/c1-13(24)23-12-17(16-11-15(20)3-4-18(16)23)19(25)22(2)10-7-14-5-8-21-9-6-14/h3-6,8-9,11-12H,7,10H2,1-2H3. The van der Waals surface area contributed by atoms with E-state index in [1.54, 1.807) is 24.3 Å². The fourth-order valence-corrected chi connectivity index (χ4v) is 2.79. The zero-order valence-corrected chi connectivity index (χ0v) is 14.1.